The minimum absolute atomic E-state index is 0.219. The monoisotopic (exact) mass is 442 g/mol. The number of unbranched alkanes of at least 4 members (excludes halogenated alkanes) is 9. The molecule has 0 saturated carbocycles. The molecule has 3 N–H and O–H groups in total. The van der Waals surface area contributed by atoms with E-state index in [1.807, 2.05) is 0 Å². The molecule has 31 heavy (non-hydrogen) atoms. The predicted molar refractivity (Wildman–Crippen MR) is 122 cm³/mol. The summed E-state index contributed by atoms with van der Waals surface area (Å²) in [5.41, 5.74) is 0. The highest BCUT2D eigenvalue weighted by molar-refractivity contribution is 5.77. The van der Waals surface area contributed by atoms with Gasteiger partial charge in [0, 0.05) is 0 Å². The van der Waals surface area contributed by atoms with Crippen LogP contribution < -0.4 is 0 Å². The van der Waals surface area contributed by atoms with Crippen LogP contribution in [0.5, 0.6) is 0 Å². The van der Waals surface area contributed by atoms with Gasteiger partial charge in [-0.25, -0.2) is 14.4 Å². The number of aliphatic carboxylic acids is 3. The standard InChI is InChI=1S/C24H43NO6/c1-5-6-7-8-9-10-11-12-13-14-15-16-17-18-25(19(2)22(26)27,20(3)23(28)29)21(4)24(30)31/h8-9,19-21H,5-7,10-18H2,1-4H3,(H2-,26,27,28,29,30,31)/p+1/b9-8+. The van der Waals surface area contributed by atoms with Crippen LogP contribution in [0.4, 0.5) is 0 Å². The van der Waals surface area contributed by atoms with Crippen LogP contribution in [0.2, 0.25) is 0 Å². The molecule has 0 spiro atoms. The molecule has 0 heterocycles. The lowest BCUT2D eigenvalue weighted by molar-refractivity contribution is -0.968. The van der Waals surface area contributed by atoms with E-state index in [9.17, 15) is 29.7 Å². The summed E-state index contributed by atoms with van der Waals surface area (Å²) in [6.07, 6.45) is 16.3. The molecule has 0 saturated heterocycles. The number of hydrogen-bond acceptors (Lipinski definition) is 3. The van der Waals surface area contributed by atoms with E-state index in [2.05, 4.69) is 19.1 Å². The van der Waals surface area contributed by atoms with E-state index in [4.69, 9.17) is 0 Å². The second-order valence-electron chi connectivity index (χ2n) is 8.64. The number of nitrogens with zero attached hydrogens (tertiary/aromatic N) is 1. The maximum Gasteiger partial charge on any atom is 0.362 e. The third kappa shape index (κ3) is 9.85. The highest BCUT2D eigenvalue weighted by Crippen LogP contribution is 2.27. The van der Waals surface area contributed by atoms with Crippen molar-refractivity contribution in [2.45, 2.75) is 116 Å². The smallest absolute Gasteiger partial charge is 0.362 e. The highest BCUT2D eigenvalue weighted by atomic mass is 16.4. The topological polar surface area (TPSA) is 112 Å². The minimum atomic E-state index is -1.18. The van der Waals surface area contributed by atoms with Crippen LogP contribution in [0.25, 0.3) is 0 Å². The summed E-state index contributed by atoms with van der Waals surface area (Å²) in [6, 6.07) is -3.37. The summed E-state index contributed by atoms with van der Waals surface area (Å²) in [6.45, 7) is 6.66. The molecule has 0 aromatic heterocycles. The molecule has 0 amide bonds. The first-order valence-electron chi connectivity index (χ1n) is 11.8. The lowest BCUT2D eigenvalue weighted by Crippen LogP contribution is -2.70. The zero-order valence-electron chi connectivity index (χ0n) is 19.9. The fourth-order valence-corrected chi connectivity index (χ4v) is 4.29. The van der Waals surface area contributed by atoms with Gasteiger partial charge in [-0.2, -0.15) is 0 Å². The van der Waals surface area contributed by atoms with Gasteiger partial charge >= 0.3 is 17.9 Å². The fourth-order valence-electron chi connectivity index (χ4n) is 4.29. The summed E-state index contributed by atoms with van der Waals surface area (Å²) >= 11 is 0. The fraction of sp³-hybridized carbons (Fsp3) is 0.792. The third-order valence-corrected chi connectivity index (χ3v) is 6.54. The number of quaternary nitrogens is 1. The summed E-state index contributed by atoms with van der Waals surface area (Å²) < 4.78 is -0.482. The van der Waals surface area contributed by atoms with Crippen LogP contribution in [0, 0.1) is 0 Å². The summed E-state index contributed by atoms with van der Waals surface area (Å²) in [4.78, 5) is 35.2. The first-order valence-corrected chi connectivity index (χ1v) is 11.8. The van der Waals surface area contributed by atoms with Gasteiger partial charge in [-0.1, -0.05) is 57.6 Å². The van der Waals surface area contributed by atoms with Crippen LogP contribution in [0.1, 0.15) is 98.3 Å². The zero-order valence-corrected chi connectivity index (χ0v) is 19.9. The summed E-state index contributed by atoms with van der Waals surface area (Å²) in [7, 11) is 0. The number of carbonyl (C=O) groups is 3. The Hall–Kier alpha value is -1.89. The van der Waals surface area contributed by atoms with Gasteiger partial charge in [0.05, 0.1) is 6.54 Å². The van der Waals surface area contributed by atoms with Crippen molar-refractivity contribution in [1.29, 1.82) is 0 Å². The van der Waals surface area contributed by atoms with Gasteiger partial charge in [0.15, 0.2) is 18.1 Å². The van der Waals surface area contributed by atoms with Crippen molar-refractivity contribution in [3.8, 4) is 0 Å². The first-order chi connectivity index (χ1) is 14.6. The Labute approximate surface area is 187 Å². The van der Waals surface area contributed by atoms with Crippen molar-refractivity contribution in [3.05, 3.63) is 12.2 Å². The molecule has 0 aliphatic heterocycles. The van der Waals surface area contributed by atoms with Crippen LogP contribution in [-0.4, -0.2) is 62.4 Å². The Morgan fingerprint density at radius 2 is 1.00 bits per heavy atom. The number of allylic oxidation sites excluding steroid dienone is 2. The molecule has 0 aromatic rings. The molecule has 7 nitrogen and oxygen atoms in total. The molecule has 180 valence electrons. The molecular formula is C24H44NO6+. The zero-order chi connectivity index (χ0) is 23.9. The minimum Gasteiger partial charge on any atom is -0.477 e. The molecule has 0 radical (unpaired) electrons. The molecule has 3 atom stereocenters. The van der Waals surface area contributed by atoms with Gasteiger partial charge in [0.2, 0.25) is 0 Å². The SMILES string of the molecule is CCCC/C=C/CCCCCCCCC[N+](C(C)C(=O)O)(C(C)C(=O)O)C(C)C(=O)O. The van der Waals surface area contributed by atoms with Gasteiger partial charge in [0.25, 0.3) is 0 Å². The van der Waals surface area contributed by atoms with E-state index >= 15 is 0 Å². The van der Waals surface area contributed by atoms with E-state index in [-0.39, 0.29) is 6.54 Å². The van der Waals surface area contributed by atoms with Gasteiger partial charge in [-0.3, -0.25) is 4.48 Å². The second kappa shape index (κ2) is 15.8. The third-order valence-electron chi connectivity index (χ3n) is 6.54. The Morgan fingerprint density at radius 3 is 1.39 bits per heavy atom. The number of hydrogen-bond donors (Lipinski definition) is 3. The van der Waals surface area contributed by atoms with E-state index in [0.29, 0.717) is 6.42 Å². The van der Waals surface area contributed by atoms with Crippen molar-refractivity contribution in [3.63, 3.8) is 0 Å². The number of carboxylic acids is 3. The van der Waals surface area contributed by atoms with Crippen LogP contribution in [0.3, 0.4) is 0 Å². The van der Waals surface area contributed by atoms with Crippen LogP contribution in [0.15, 0.2) is 12.2 Å². The van der Waals surface area contributed by atoms with Crippen LogP contribution in [-0.2, 0) is 14.4 Å². The van der Waals surface area contributed by atoms with Gasteiger partial charge in [-0.05, 0) is 52.9 Å². The van der Waals surface area contributed by atoms with Gasteiger partial charge in [0.1, 0.15) is 0 Å². The summed E-state index contributed by atoms with van der Waals surface area (Å²) in [5, 5.41) is 28.7. The van der Waals surface area contributed by atoms with Crippen molar-refractivity contribution in [2.24, 2.45) is 0 Å². The average molecular weight is 443 g/mol. The molecule has 0 aliphatic rings. The lowest BCUT2D eigenvalue weighted by Gasteiger charge is -2.47. The Bertz CT molecular complexity index is 524. The Kier molecular flexibility index (Phi) is 14.9. The van der Waals surface area contributed by atoms with E-state index in [1.165, 1.54) is 46.5 Å². The summed E-state index contributed by atoms with van der Waals surface area (Å²) in [5.74, 6) is -3.53. The van der Waals surface area contributed by atoms with Crippen LogP contribution >= 0.6 is 0 Å². The lowest BCUT2D eigenvalue weighted by atomic mass is 10.00. The quantitative estimate of drug-likeness (QED) is 0.146. The average Bonchev–Trinajstić information content (AvgIpc) is 2.72. The van der Waals surface area contributed by atoms with Crippen molar-refractivity contribution < 1.29 is 34.2 Å². The van der Waals surface area contributed by atoms with E-state index in [0.717, 1.165) is 38.5 Å². The van der Waals surface area contributed by atoms with Gasteiger partial charge in [-0.15, -0.1) is 0 Å². The molecule has 0 rings (SSSR count). The first kappa shape index (κ1) is 29.1. The van der Waals surface area contributed by atoms with Crippen molar-refractivity contribution in [2.75, 3.05) is 6.54 Å². The van der Waals surface area contributed by atoms with Gasteiger partial charge < -0.3 is 15.3 Å². The molecule has 3 unspecified atom stereocenters. The molecule has 0 fully saturated rings. The highest BCUT2D eigenvalue weighted by Gasteiger charge is 2.52. The largest absolute Gasteiger partial charge is 0.477 e. The van der Waals surface area contributed by atoms with E-state index in [1.54, 1.807) is 0 Å². The Balaban J connectivity index is 4.62. The molecule has 0 aromatic carbocycles. The van der Waals surface area contributed by atoms with E-state index < -0.39 is 40.5 Å². The molecule has 0 bridgehead atoms. The maximum absolute atomic E-state index is 11.7. The number of carboxylic acid groups (broad SMARTS) is 3. The predicted octanol–water partition coefficient (Wildman–Crippen LogP) is 5.09. The second-order valence-corrected chi connectivity index (χ2v) is 8.64. The van der Waals surface area contributed by atoms with Crippen molar-refractivity contribution >= 4 is 17.9 Å². The van der Waals surface area contributed by atoms with Crippen molar-refractivity contribution in [1.82, 2.24) is 0 Å². The molecule has 7 heteroatoms. The Morgan fingerprint density at radius 1 is 0.645 bits per heavy atom. The number of rotatable bonds is 19. The molecule has 0 aliphatic carbocycles. The maximum atomic E-state index is 11.7. The normalized spacial score (nSPS) is 16.5. The molecular weight excluding hydrogens is 398 g/mol.